The number of fused-ring (bicyclic) bond motifs is 1. The number of halogens is 2. The lowest BCUT2D eigenvalue weighted by atomic mass is 9.88. The van der Waals surface area contributed by atoms with Crippen molar-refractivity contribution in [1.82, 2.24) is 5.32 Å². The van der Waals surface area contributed by atoms with E-state index in [-0.39, 0.29) is 0 Å². The lowest BCUT2D eigenvalue weighted by Gasteiger charge is -2.19. The summed E-state index contributed by atoms with van der Waals surface area (Å²) in [6.45, 7) is 4.50. The van der Waals surface area contributed by atoms with Crippen molar-refractivity contribution in [2.24, 2.45) is 0 Å². The van der Waals surface area contributed by atoms with Gasteiger partial charge in [0.05, 0.1) is 7.11 Å². The molecule has 0 aromatic heterocycles. The first-order chi connectivity index (χ1) is 15.1. The van der Waals surface area contributed by atoms with Gasteiger partial charge in [-0.2, -0.15) is 0 Å². The Kier molecular flexibility index (Phi) is 13.6. The van der Waals surface area contributed by atoms with Gasteiger partial charge in [-0.15, -0.1) is 0 Å². The van der Waals surface area contributed by atoms with Gasteiger partial charge >= 0.3 is 0 Å². The Bertz CT molecular complexity index is 784. The van der Waals surface area contributed by atoms with Crippen molar-refractivity contribution in [2.75, 3.05) is 32.6 Å². The van der Waals surface area contributed by atoms with Crippen LogP contribution in [-0.4, -0.2) is 40.3 Å². The van der Waals surface area contributed by atoms with Crippen LogP contribution in [0.15, 0.2) is 30.3 Å². The Hall–Kier alpha value is -2.08. The third-order valence-corrected chi connectivity index (χ3v) is 5.42. The lowest BCUT2D eigenvalue weighted by molar-refractivity contribution is -0.0980. The summed E-state index contributed by atoms with van der Waals surface area (Å²) < 4.78 is 5.30. The second kappa shape index (κ2) is 15.7. The molecule has 5 nitrogen and oxygen atoms in total. The number of rotatable bonds is 3. The second-order valence-electron chi connectivity index (χ2n) is 7.00. The second-order valence-corrected chi connectivity index (χ2v) is 7.88. The molecule has 0 saturated carbocycles. The molecule has 1 aliphatic carbocycles. The first-order valence-electron chi connectivity index (χ1n) is 10.4. The van der Waals surface area contributed by atoms with E-state index < -0.39 is 0 Å². The van der Waals surface area contributed by atoms with E-state index in [2.05, 4.69) is 10.6 Å². The van der Waals surface area contributed by atoms with Crippen molar-refractivity contribution in [3.8, 4) is 5.75 Å². The molecule has 0 bridgehead atoms. The van der Waals surface area contributed by atoms with E-state index in [0.29, 0.717) is 10.0 Å². The molecule has 1 fully saturated rings. The lowest BCUT2D eigenvalue weighted by Crippen LogP contribution is -2.08. The summed E-state index contributed by atoms with van der Waals surface area (Å²) in [6, 6.07) is 9.08. The van der Waals surface area contributed by atoms with E-state index in [4.69, 9.17) is 32.7 Å². The average Bonchev–Trinajstić information content (AvgIpc) is 3.40. The summed E-state index contributed by atoms with van der Waals surface area (Å²) in [7, 11) is 3.51. The largest absolute Gasteiger partial charge is 0.496 e. The van der Waals surface area contributed by atoms with Gasteiger partial charge < -0.3 is 20.2 Å². The quantitative estimate of drug-likeness (QED) is 0.575. The smallest absolute Gasteiger partial charge is 0.150 e. The van der Waals surface area contributed by atoms with Crippen LogP contribution in [0.4, 0.5) is 5.69 Å². The van der Waals surface area contributed by atoms with Gasteiger partial charge in [0.15, 0.2) is 0 Å². The van der Waals surface area contributed by atoms with Gasteiger partial charge in [-0.25, -0.2) is 0 Å². The Morgan fingerprint density at radius 3 is 2.00 bits per heavy atom. The number of carbonyl (C=O) groups excluding carboxylic acids is 2. The van der Waals surface area contributed by atoms with Crippen LogP contribution in [0.25, 0.3) is 0 Å². The Labute approximate surface area is 195 Å². The number of benzene rings is 2. The van der Waals surface area contributed by atoms with Gasteiger partial charge in [-0.05, 0) is 93.1 Å². The van der Waals surface area contributed by atoms with Crippen LogP contribution in [0.2, 0.25) is 10.0 Å². The number of anilines is 1. The number of ether oxygens (including phenoxy) is 1. The zero-order valence-corrected chi connectivity index (χ0v) is 19.8. The molecule has 7 heteroatoms. The highest BCUT2D eigenvalue weighted by Gasteiger charge is 2.16. The van der Waals surface area contributed by atoms with Gasteiger partial charge in [-0.3, -0.25) is 4.79 Å². The van der Waals surface area contributed by atoms with Crippen molar-refractivity contribution in [3.63, 3.8) is 0 Å². The third kappa shape index (κ3) is 9.30. The Balaban J connectivity index is 0.000000246. The number of nitrogens with one attached hydrogen (secondary N) is 2. The minimum absolute atomic E-state index is 0.650. The Morgan fingerprint density at radius 1 is 0.968 bits per heavy atom. The molecule has 2 N–H and O–H groups in total. The fraction of sp³-hybridized carbons (Fsp3) is 0.417. The van der Waals surface area contributed by atoms with E-state index >= 15 is 0 Å². The highest BCUT2D eigenvalue weighted by Crippen LogP contribution is 2.31. The molecule has 2 aromatic carbocycles. The molecule has 2 aromatic rings. The number of methoxy groups -OCH3 is 1. The van der Waals surface area contributed by atoms with Crippen LogP contribution in [0, 0.1) is 0 Å². The van der Waals surface area contributed by atoms with E-state index in [1.165, 1.54) is 49.9 Å². The maximum Gasteiger partial charge on any atom is 0.150 e. The molecule has 0 spiro atoms. The molecule has 4 rings (SSSR count). The highest BCUT2D eigenvalue weighted by atomic mass is 35.5. The van der Waals surface area contributed by atoms with Gasteiger partial charge in [0.25, 0.3) is 0 Å². The molecule has 1 heterocycles. The molecular formula is C24H32Cl2N2O3. The van der Waals surface area contributed by atoms with Crippen LogP contribution in [0.1, 0.15) is 47.2 Å². The fourth-order valence-corrected chi connectivity index (χ4v) is 4.01. The monoisotopic (exact) mass is 466 g/mol. The van der Waals surface area contributed by atoms with E-state index in [1.807, 2.05) is 38.1 Å². The molecule has 1 saturated heterocycles. The minimum Gasteiger partial charge on any atom is -0.496 e. The van der Waals surface area contributed by atoms with E-state index in [0.717, 1.165) is 36.1 Å². The maximum atomic E-state index is 10.8. The van der Waals surface area contributed by atoms with Gasteiger partial charge in [0, 0.05) is 28.3 Å². The van der Waals surface area contributed by atoms with E-state index in [1.54, 1.807) is 13.2 Å². The van der Waals surface area contributed by atoms with Gasteiger partial charge in [0.1, 0.15) is 18.8 Å². The molecule has 170 valence electrons. The van der Waals surface area contributed by atoms with Crippen molar-refractivity contribution in [3.05, 3.63) is 57.1 Å². The number of aldehydes is 1. The number of hydrogen-bond donors (Lipinski definition) is 2. The standard InChI is InChI=1S/C12H14O2.C7H7Cl2N.C4H9N.CH2O/c1-14-12-7-6-9(8-13)10-4-2-3-5-11(10)12;1-10-7-3-5(8)2-6(9)4-7;1-2-4-5-3-1;1-2/h6-8H,2-5H2,1H3;2-4,10H,1H3;5H,1-4H2;1H2. The molecule has 0 amide bonds. The van der Waals surface area contributed by atoms with Gasteiger partial charge in [-0.1, -0.05) is 23.2 Å². The molecule has 0 atom stereocenters. The summed E-state index contributed by atoms with van der Waals surface area (Å²) in [5.74, 6) is 0.935. The van der Waals surface area contributed by atoms with E-state index in [9.17, 15) is 4.79 Å². The van der Waals surface area contributed by atoms with Crippen LogP contribution in [0.5, 0.6) is 5.75 Å². The SMILES string of the molecule is C1CCNC1.C=O.CNc1cc(Cl)cc(Cl)c1.COc1ccc(C=O)c2c1CCCC2. The van der Waals surface area contributed by atoms with Crippen LogP contribution in [0.3, 0.4) is 0 Å². The maximum absolute atomic E-state index is 10.8. The zero-order valence-electron chi connectivity index (χ0n) is 18.3. The van der Waals surface area contributed by atoms with Crippen molar-refractivity contribution in [2.45, 2.75) is 38.5 Å². The highest BCUT2D eigenvalue weighted by molar-refractivity contribution is 6.35. The molecule has 2 aliphatic rings. The predicted octanol–water partition coefficient (Wildman–Crippen LogP) is 5.61. The third-order valence-electron chi connectivity index (χ3n) is 4.98. The number of carbonyl (C=O) groups is 2. The topological polar surface area (TPSA) is 67.4 Å². The molecule has 1 aliphatic heterocycles. The minimum atomic E-state index is 0.650. The average molecular weight is 467 g/mol. The molecule has 31 heavy (non-hydrogen) atoms. The van der Waals surface area contributed by atoms with Crippen LogP contribution in [-0.2, 0) is 17.6 Å². The zero-order chi connectivity index (χ0) is 23.1. The van der Waals surface area contributed by atoms with Gasteiger partial charge in [0.2, 0.25) is 0 Å². The first kappa shape index (κ1) is 27.0. The van der Waals surface area contributed by atoms with Crippen LogP contribution < -0.4 is 15.4 Å². The summed E-state index contributed by atoms with van der Waals surface area (Å²) in [4.78, 5) is 18.8. The van der Waals surface area contributed by atoms with Crippen molar-refractivity contribution < 1.29 is 14.3 Å². The summed E-state index contributed by atoms with van der Waals surface area (Å²) in [5.41, 5.74) is 4.20. The predicted molar refractivity (Wildman–Crippen MR) is 130 cm³/mol. The number of hydrogen-bond acceptors (Lipinski definition) is 5. The molecular weight excluding hydrogens is 435 g/mol. The summed E-state index contributed by atoms with van der Waals surface area (Å²) >= 11 is 11.4. The summed E-state index contributed by atoms with van der Waals surface area (Å²) in [5, 5.41) is 7.46. The van der Waals surface area contributed by atoms with Crippen molar-refractivity contribution in [1.29, 1.82) is 0 Å². The molecule has 0 unspecified atom stereocenters. The molecule has 0 radical (unpaired) electrons. The first-order valence-corrected chi connectivity index (χ1v) is 11.1. The van der Waals surface area contributed by atoms with Crippen molar-refractivity contribution >= 4 is 42.0 Å². The Morgan fingerprint density at radius 2 is 1.55 bits per heavy atom. The summed E-state index contributed by atoms with van der Waals surface area (Å²) in [6.07, 6.45) is 8.16. The van der Waals surface area contributed by atoms with Crippen LogP contribution >= 0.6 is 23.2 Å². The fourth-order valence-electron chi connectivity index (χ4n) is 3.49. The normalized spacial score (nSPS) is 13.7.